The summed E-state index contributed by atoms with van der Waals surface area (Å²) in [6.45, 7) is 10.8. The number of hydrogen-bond donors (Lipinski definition) is 3. The molecule has 0 aromatic heterocycles. The van der Waals surface area contributed by atoms with Gasteiger partial charge in [0.05, 0.1) is 18.2 Å². The molecule has 12 heteroatoms. The summed E-state index contributed by atoms with van der Waals surface area (Å²) in [4.78, 5) is 65.2. The van der Waals surface area contributed by atoms with Crippen LogP contribution in [-0.2, 0) is 27.3 Å². The predicted molar refractivity (Wildman–Crippen MR) is 204 cm³/mol. The van der Waals surface area contributed by atoms with Gasteiger partial charge >= 0.3 is 0 Å². The molecule has 11 nitrogen and oxygen atoms in total. The molecule has 0 saturated carbocycles. The summed E-state index contributed by atoms with van der Waals surface area (Å²) in [5.74, 6) is -1.59. The van der Waals surface area contributed by atoms with Gasteiger partial charge in [-0.05, 0) is 65.1 Å². The molecule has 0 radical (unpaired) electrons. The molecule has 0 aliphatic carbocycles. The maximum Gasteiger partial charge on any atom is 0.254 e. The summed E-state index contributed by atoms with van der Waals surface area (Å²) < 4.78 is 20.4. The van der Waals surface area contributed by atoms with E-state index in [-0.39, 0.29) is 67.0 Å². The summed E-state index contributed by atoms with van der Waals surface area (Å²) in [5.41, 5.74) is 8.12. The van der Waals surface area contributed by atoms with Crippen LogP contribution in [-0.4, -0.2) is 79.5 Å². The van der Waals surface area contributed by atoms with Crippen LogP contribution in [0, 0.1) is 16.6 Å². The van der Waals surface area contributed by atoms with Gasteiger partial charge in [0.15, 0.2) is 0 Å². The maximum atomic E-state index is 14.8. The number of halogens is 1. The molecule has 3 rings (SSSR count). The molecule has 0 heterocycles. The molecule has 3 aromatic carbocycles. The molecule has 4 amide bonds. The quantitative estimate of drug-likeness (QED) is 0.144. The number of rotatable bonds is 18. The second-order valence-electron chi connectivity index (χ2n) is 15.5. The molecule has 286 valence electrons. The van der Waals surface area contributed by atoms with Gasteiger partial charge in [0, 0.05) is 57.3 Å². The second-order valence-corrected chi connectivity index (χ2v) is 15.5. The van der Waals surface area contributed by atoms with Crippen LogP contribution in [0.3, 0.4) is 0 Å². The number of nitrogens with one attached hydrogen (secondary N) is 2. The molecule has 0 saturated heterocycles. The molecule has 3 aromatic rings. The first-order chi connectivity index (χ1) is 24.9. The lowest BCUT2D eigenvalue weighted by Crippen LogP contribution is -2.38. The smallest absolute Gasteiger partial charge is 0.254 e. The first-order valence-electron chi connectivity index (χ1n) is 17.7. The monoisotopic (exact) mass is 731 g/mol. The summed E-state index contributed by atoms with van der Waals surface area (Å²) in [6, 6.07) is 17.6. The van der Waals surface area contributed by atoms with Crippen molar-refractivity contribution in [1.29, 1.82) is 0 Å². The topological polar surface area (TPSA) is 151 Å². The van der Waals surface area contributed by atoms with Gasteiger partial charge in [-0.2, -0.15) is 0 Å². The summed E-state index contributed by atoms with van der Waals surface area (Å²) in [5, 5.41) is 5.50. The number of benzene rings is 3. The van der Waals surface area contributed by atoms with E-state index in [1.54, 1.807) is 43.3 Å². The van der Waals surface area contributed by atoms with Crippen LogP contribution in [0.15, 0.2) is 66.7 Å². The molecular formula is C41H54FN5O6. The number of likely N-dealkylation sites (N-methyl/N-ethyl adjacent to an activating group) is 2. The normalized spacial score (nSPS) is 12.0. The summed E-state index contributed by atoms with van der Waals surface area (Å²) in [6.07, 6.45) is 2.24. The van der Waals surface area contributed by atoms with Gasteiger partial charge in [0.2, 0.25) is 17.7 Å². The zero-order valence-corrected chi connectivity index (χ0v) is 32.0. The zero-order valence-electron chi connectivity index (χ0n) is 32.0. The van der Waals surface area contributed by atoms with Gasteiger partial charge in [-0.3, -0.25) is 24.0 Å². The summed E-state index contributed by atoms with van der Waals surface area (Å²) >= 11 is 0. The van der Waals surface area contributed by atoms with Crippen LogP contribution in [0.4, 0.5) is 10.1 Å². The van der Waals surface area contributed by atoms with Crippen LogP contribution < -0.4 is 21.1 Å². The number of nitrogens with two attached hydrogens (primary N) is 1. The highest BCUT2D eigenvalue weighted by molar-refractivity contribution is 5.95. The molecule has 0 aliphatic rings. The Kier molecular flexibility index (Phi) is 15.3. The standard InChI is InChI=1S/C41H54FN5O6/c1-40(2,3)23-35(43)39(52)45-31-13-11-28(12-14-31)17-18-46(6)36(49)24-41(4,5)25-37(50)47(7)19-20-53-32-15-16-33(34(42)22-32)38(51)44-26-29-9-8-10-30(21-29)27-48/h8-16,21-22,27,35H,17-20,23-26,43H2,1-7H3,(H,44,51)(H,45,52)/t35-/m0/s1. The average Bonchev–Trinajstić information content (AvgIpc) is 3.09. The molecule has 0 spiro atoms. The molecule has 53 heavy (non-hydrogen) atoms. The lowest BCUT2D eigenvalue weighted by Gasteiger charge is -2.28. The van der Waals surface area contributed by atoms with Crippen molar-refractivity contribution in [1.82, 2.24) is 15.1 Å². The van der Waals surface area contributed by atoms with E-state index in [0.29, 0.717) is 42.5 Å². The molecular weight excluding hydrogens is 677 g/mol. The van der Waals surface area contributed by atoms with Crippen LogP contribution in [0.5, 0.6) is 5.75 Å². The molecule has 0 bridgehead atoms. The molecule has 1 atom stereocenters. The van der Waals surface area contributed by atoms with Crippen molar-refractivity contribution in [2.45, 2.75) is 72.9 Å². The van der Waals surface area contributed by atoms with Crippen LogP contribution in [0.2, 0.25) is 0 Å². The van der Waals surface area contributed by atoms with Crippen LogP contribution in [0.25, 0.3) is 0 Å². The Morgan fingerprint density at radius 2 is 1.51 bits per heavy atom. The molecule has 0 aliphatic heterocycles. The number of carbonyl (C=O) groups excluding carboxylic acids is 5. The minimum atomic E-state index is -0.751. The third-order valence-corrected chi connectivity index (χ3v) is 8.66. The maximum absolute atomic E-state index is 14.8. The number of anilines is 1. The first-order valence-corrected chi connectivity index (χ1v) is 17.7. The Bertz CT molecular complexity index is 1740. The van der Waals surface area contributed by atoms with Gasteiger partial charge in [0.1, 0.15) is 24.5 Å². The van der Waals surface area contributed by atoms with E-state index in [2.05, 4.69) is 10.6 Å². The number of nitrogens with zero attached hydrogens (tertiary/aromatic N) is 2. The van der Waals surface area contributed by atoms with Gasteiger partial charge in [-0.25, -0.2) is 4.39 Å². The van der Waals surface area contributed by atoms with Crippen molar-refractivity contribution in [2.75, 3.05) is 39.1 Å². The highest BCUT2D eigenvalue weighted by Crippen LogP contribution is 2.27. The van der Waals surface area contributed by atoms with Gasteiger partial charge < -0.3 is 30.9 Å². The van der Waals surface area contributed by atoms with E-state index < -0.39 is 23.2 Å². The molecule has 4 N–H and O–H groups in total. The average molecular weight is 732 g/mol. The lowest BCUT2D eigenvalue weighted by atomic mass is 9.84. The van der Waals surface area contributed by atoms with Crippen molar-refractivity contribution >= 4 is 35.6 Å². The highest BCUT2D eigenvalue weighted by Gasteiger charge is 2.28. The van der Waals surface area contributed by atoms with Crippen LogP contribution >= 0.6 is 0 Å². The van der Waals surface area contributed by atoms with Crippen LogP contribution in [0.1, 0.15) is 85.7 Å². The zero-order chi connectivity index (χ0) is 39.3. The van der Waals surface area contributed by atoms with Crippen molar-refractivity contribution in [3.63, 3.8) is 0 Å². The Morgan fingerprint density at radius 3 is 2.11 bits per heavy atom. The van der Waals surface area contributed by atoms with Gasteiger partial charge in [-0.1, -0.05) is 65.0 Å². The van der Waals surface area contributed by atoms with Crippen molar-refractivity contribution < 1.29 is 33.1 Å². The van der Waals surface area contributed by atoms with E-state index in [1.165, 1.54) is 17.0 Å². The largest absolute Gasteiger partial charge is 0.492 e. The lowest BCUT2D eigenvalue weighted by molar-refractivity contribution is -0.135. The van der Waals surface area contributed by atoms with E-state index in [9.17, 15) is 28.4 Å². The number of carbonyl (C=O) groups is 5. The van der Waals surface area contributed by atoms with E-state index in [0.717, 1.165) is 11.6 Å². The molecule has 0 unspecified atom stereocenters. The van der Waals surface area contributed by atoms with Crippen molar-refractivity contribution in [2.24, 2.45) is 16.6 Å². The SMILES string of the molecule is CN(CCOc1ccc(C(=O)NCc2cccc(C=O)c2)c(F)c1)C(=O)CC(C)(C)CC(=O)N(C)CCc1ccc(NC(=O)[C@@H](N)CC(C)(C)C)cc1. The Balaban J connectivity index is 1.39. The van der Waals surface area contributed by atoms with Crippen molar-refractivity contribution in [3.8, 4) is 5.75 Å². The number of ether oxygens (including phenoxy) is 1. The van der Waals surface area contributed by atoms with Gasteiger partial charge in [0.25, 0.3) is 5.91 Å². The van der Waals surface area contributed by atoms with E-state index >= 15 is 0 Å². The van der Waals surface area contributed by atoms with Gasteiger partial charge in [-0.15, -0.1) is 0 Å². The third-order valence-electron chi connectivity index (χ3n) is 8.66. The van der Waals surface area contributed by atoms with Crippen molar-refractivity contribution in [3.05, 3.63) is 94.8 Å². The second kappa shape index (κ2) is 19.1. The Hall–Kier alpha value is -5.10. The number of amides is 4. The first kappa shape index (κ1) is 42.3. The van der Waals surface area contributed by atoms with E-state index in [4.69, 9.17) is 10.5 Å². The summed E-state index contributed by atoms with van der Waals surface area (Å²) in [7, 11) is 3.39. The number of aldehydes is 1. The highest BCUT2D eigenvalue weighted by atomic mass is 19.1. The fourth-order valence-electron chi connectivity index (χ4n) is 5.56. The predicted octanol–water partition coefficient (Wildman–Crippen LogP) is 5.61. The Morgan fingerprint density at radius 1 is 0.868 bits per heavy atom. The fraction of sp³-hybridized carbons (Fsp3) is 0.439. The Labute approximate surface area is 312 Å². The number of hydrogen-bond acceptors (Lipinski definition) is 7. The van der Waals surface area contributed by atoms with E-state index in [1.807, 2.05) is 58.9 Å². The minimum Gasteiger partial charge on any atom is -0.492 e. The third kappa shape index (κ3) is 14.4. The molecule has 0 fully saturated rings. The fourth-order valence-corrected chi connectivity index (χ4v) is 5.56. The minimum absolute atomic E-state index is 0.0549.